The number of nitrogens with one attached hydrogen (secondary N) is 1. The first-order chi connectivity index (χ1) is 7.89. The number of hydrogen-bond donors (Lipinski definition) is 1. The van der Waals surface area contributed by atoms with Crippen molar-refractivity contribution in [2.75, 3.05) is 5.75 Å². The molecule has 0 aromatic heterocycles. The molecule has 0 bridgehead atoms. The van der Waals surface area contributed by atoms with E-state index in [0.717, 1.165) is 5.56 Å². The molecule has 1 heterocycles. The molecule has 1 aliphatic rings. The van der Waals surface area contributed by atoms with Crippen LogP contribution in [0.1, 0.15) is 32.4 Å². The Morgan fingerprint density at radius 1 is 1.47 bits per heavy atom. The Morgan fingerprint density at radius 3 is 2.82 bits per heavy atom. The zero-order valence-electron chi connectivity index (χ0n) is 10.4. The summed E-state index contributed by atoms with van der Waals surface area (Å²) in [6.45, 7) is 6.01. The van der Waals surface area contributed by atoms with Crippen LogP contribution in [0, 0.1) is 5.82 Å². The quantitative estimate of drug-likeness (QED) is 0.835. The number of benzene rings is 1. The summed E-state index contributed by atoms with van der Waals surface area (Å²) in [6.07, 6.45) is 0. The lowest BCUT2D eigenvalue weighted by Gasteiger charge is -2.40. The molecule has 2 rings (SSSR count). The fraction of sp³-hybridized carbons (Fsp3) is 0.538. The average Bonchev–Trinajstić information content (AvgIpc) is 2.23. The van der Waals surface area contributed by atoms with Gasteiger partial charge in [-0.05, 0) is 38.5 Å². The van der Waals surface area contributed by atoms with Gasteiger partial charge in [-0.2, -0.15) is 0 Å². The molecule has 1 fully saturated rings. The van der Waals surface area contributed by atoms with Crippen molar-refractivity contribution < 1.29 is 8.60 Å². The van der Waals surface area contributed by atoms with Gasteiger partial charge in [0.15, 0.2) is 0 Å². The zero-order valence-corrected chi connectivity index (χ0v) is 11.2. The van der Waals surface area contributed by atoms with E-state index < -0.39 is 10.8 Å². The first-order valence-corrected chi connectivity index (χ1v) is 7.18. The van der Waals surface area contributed by atoms with Crippen molar-refractivity contribution in [3.05, 3.63) is 35.6 Å². The van der Waals surface area contributed by atoms with Gasteiger partial charge < -0.3 is 5.32 Å². The third-order valence-electron chi connectivity index (χ3n) is 3.14. The molecule has 4 heteroatoms. The molecule has 1 aliphatic heterocycles. The number of rotatable bonds is 1. The molecule has 0 saturated carbocycles. The van der Waals surface area contributed by atoms with Crippen molar-refractivity contribution in [2.45, 2.75) is 37.6 Å². The van der Waals surface area contributed by atoms with Crippen LogP contribution in [0.15, 0.2) is 24.3 Å². The number of hydrogen-bond acceptors (Lipinski definition) is 2. The van der Waals surface area contributed by atoms with Gasteiger partial charge in [-0.1, -0.05) is 12.1 Å². The van der Waals surface area contributed by atoms with Crippen molar-refractivity contribution >= 4 is 10.8 Å². The Morgan fingerprint density at radius 2 is 2.18 bits per heavy atom. The third-order valence-corrected chi connectivity index (χ3v) is 5.25. The minimum absolute atomic E-state index is 0.00447. The van der Waals surface area contributed by atoms with Crippen LogP contribution in [-0.4, -0.2) is 20.8 Å². The van der Waals surface area contributed by atoms with Crippen LogP contribution in [0.25, 0.3) is 0 Å². The molecule has 17 heavy (non-hydrogen) atoms. The molecule has 3 atom stereocenters. The minimum Gasteiger partial charge on any atom is -0.303 e. The molecule has 1 saturated heterocycles. The summed E-state index contributed by atoms with van der Waals surface area (Å²) < 4.78 is 25.3. The highest BCUT2D eigenvalue weighted by atomic mass is 32.2. The first-order valence-electron chi connectivity index (χ1n) is 5.79. The van der Waals surface area contributed by atoms with Crippen molar-refractivity contribution in [3.8, 4) is 0 Å². The molecule has 94 valence electrons. The van der Waals surface area contributed by atoms with E-state index in [2.05, 4.69) is 5.32 Å². The summed E-state index contributed by atoms with van der Waals surface area (Å²) >= 11 is 0. The van der Waals surface area contributed by atoms with Gasteiger partial charge in [0, 0.05) is 28.1 Å². The first kappa shape index (κ1) is 12.7. The van der Waals surface area contributed by atoms with E-state index in [0.29, 0.717) is 5.75 Å². The highest BCUT2D eigenvalue weighted by Crippen LogP contribution is 2.29. The molecule has 3 unspecified atom stereocenters. The second-order valence-corrected chi connectivity index (χ2v) is 7.08. The predicted octanol–water partition coefficient (Wildman–Crippen LogP) is 2.39. The fourth-order valence-corrected chi connectivity index (χ4v) is 3.86. The molecule has 0 amide bonds. The lowest BCUT2D eigenvalue weighted by molar-refractivity contribution is 0.344. The van der Waals surface area contributed by atoms with E-state index >= 15 is 0 Å². The second-order valence-electron chi connectivity index (χ2n) is 5.29. The topological polar surface area (TPSA) is 29.1 Å². The average molecular weight is 255 g/mol. The van der Waals surface area contributed by atoms with Gasteiger partial charge in [0.05, 0.1) is 5.25 Å². The van der Waals surface area contributed by atoms with Gasteiger partial charge in [0.1, 0.15) is 5.82 Å². The van der Waals surface area contributed by atoms with Crippen molar-refractivity contribution in [1.29, 1.82) is 0 Å². The van der Waals surface area contributed by atoms with Gasteiger partial charge in [0.2, 0.25) is 0 Å². The van der Waals surface area contributed by atoms with Gasteiger partial charge in [-0.3, -0.25) is 4.21 Å². The lowest BCUT2D eigenvalue weighted by atomic mass is 9.98. The minimum atomic E-state index is -0.877. The molecule has 1 N–H and O–H groups in total. The van der Waals surface area contributed by atoms with Crippen molar-refractivity contribution in [1.82, 2.24) is 5.32 Å². The third kappa shape index (κ3) is 2.75. The Bertz CT molecular complexity index is 447. The summed E-state index contributed by atoms with van der Waals surface area (Å²) in [5.74, 6) is 0.394. The van der Waals surface area contributed by atoms with Crippen LogP contribution in [0.4, 0.5) is 4.39 Å². The maximum atomic E-state index is 13.2. The van der Waals surface area contributed by atoms with Crippen LogP contribution in [-0.2, 0) is 10.8 Å². The van der Waals surface area contributed by atoms with Gasteiger partial charge >= 0.3 is 0 Å². The van der Waals surface area contributed by atoms with Crippen molar-refractivity contribution in [2.24, 2.45) is 0 Å². The molecule has 1 aromatic rings. The molecule has 0 spiro atoms. The maximum absolute atomic E-state index is 13.2. The predicted molar refractivity (Wildman–Crippen MR) is 68.8 cm³/mol. The largest absolute Gasteiger partial charge is 0.303 e. The molecule has 0 aliphatic carbocycles. The lowest BCUT2D eigenvalue weighted by Crippen LogP contribution is -2.55. The van der Waals surface area contributed by atoms with Crippen LogP contribution >= 0.6 is 0 Å². The van der Waals surface area contributed by atoms with Crippen LogP contribution in [0.2, 0.25) is 0 Å². The van der Waals surface area contributed by atoms with E-state index in [1.54, 1.807) is 6.07 Å². The van der Waals surface area contributed by atoms with Gasteiger partial charge in [0.25, 0.3) is 0 Å². The van der Waals surface area contributed by atoms with E-state index in [-0.39, 0.29) is 22.6 Å². The van der Waals surface area contributed by atoms with Gasteiger partial charge in [-0.25, -0.2) is 4.39 Å². The molecule has 2 nitrogen and oxygen atoms in total. The summed E-state index contributed by atoms with van der Waals surface area (Å²) in [6, 6.07) is 6.49. The Hall–Kier alpha value is -0.740. The Kier molecular flexibility index (Phi) is 3.36. The van der Waals surface area contributed by atoms with E-state index in [9.17, 15) is 8.60 Å². The molecular formula is C13H18FNOS. The van der Waals surface area contributed by atoms with E-state index in [1.165, 1.54) is 12.1 Å². The standard InChI is InChI=1S/C13H18FNOS/c1-9-12(10-5-4-6-11(14)7-10)15-13(2,3)8-17(9)16/h4-7,9,12,15H,8H2,1-3H3. The highest BCUT2D eigenvalue weighted by Gasteiger charge is 2.37. The number of halogens is 1. The normalized spacial score (nSPS) is 32.4. The summed E-state index contributed by atoms with van der Waals surface area (Å²) in [5.41, 5.74) is 0.701. The van der Waals surface area contributed by atoms with Crippen LogP contribution in [0.3, 0.4) is 0 Å². The van der Waals surface area contributed by atoms with Gasteiger partial charge in [-0.15, -0.1) is 0 Å². The smallest absolute Gasteiger partial charge is 0.123 e. The fourth-order valence-electron chi connectivity index (χ4n) is 2.27. The van der Waals surface area contributed by atoms with Crippen LogP contribution in [0.5, 0.6) is 0 Å². The van der Waals surface area contributed by atoms with E-state index in [4.69, 9.17) is 0 Å². The molecule has 1 aromatic carbocycles. The zero-order chi connectivity index (χ0) is 12.6. The second kappa shape index (κ2) is 4.50. The SMILES string of the molecule is CC1C(c2cccc(F)c2)NC(C)(C)CS1=O. The van der Waals surface area contributed by atoms with Crippen LogP contribution < -0.4 is 5.32 Å². The van der Waals surface area contributed by atoms with E-state index in [1.807, 2.05) is 26.8 Å². The van der Waals surface area contributed by atoms with Crippen molar-refractivity contribution in [3.63, 3.8) is 0 Å². The summed E-state index contributed by atoms with van der Waals surface area (Å²) in [5, 5.41) is 3.46. The molecular weight excluding hydrogens is 237 g/mol. The summed E-state index contributed by atoms with van der Waals surface area (Å²) in [4.78, 5) is 0. The highest BCUT2D eigenvalue weighted by molar-refractivity contribution is 7.85. The monoisotopic (exact) mass is 255 g/mol. The Labute approximate surface area is 104 Å². The maximum Gasteiger partial charge on any atom is 0.123 e. The molecule has 0 radical (unpaired) electrons. The summed E-state index contributed by atoms with van der Waals surface area (Å²) in [7, 11) is -0.877. The Balaban J connectivity index is 2.33.